The van der Waals surface area contributed by atoms with Crippen LogP contribution in [-0.2, 0) is 32.6 Å². The molecule has 0 spiro atoms. The number of nitrogens with zero attached hydrogens (tertiary/aromatic N) is 2. The van der Waals surface area contributed by atoms with E-state index in [0.29, 0.717) is 5.69 Å². The molecule has 4 aromatic carbocycles. The first kappa shape index (κ1) is 32.0. The lowest BCUT2D eigenvalue weighted by Gasteiger charge is -2.34. The van der Waals surface area contributed by atoms with E-state index in [4.69, 9.17) is 0 Å². The van der Waals surface area contributed by atoms with Gasteiger partial charge in [0.15, 0.2) is 0 Å². The molecule has 0 unspecified atom stereocenters. The number of rotatable bonds is 12. The van der Waals surface area contributed by atoms with Gasteiger partial charge >= 0.3 is 0 Å². The van der Waals surface area contributed by atoms with Gasteiger partial charge in [-0.1, -0.05) is 88.7 Å². The van der Waals surface area contributed by atoms with Gasteiger partial charge < -0.3 is 10.2 Å². The molecule has 0 radical (unpaired) electrons. The Morgan fingerprint density at radius 1 is 0.814 bits per heavy atom. The first-order valence-corrected chi connectivity index (χ1v) is 16.3. The topological polar surface area (TPSA) is 86.8 Å². The molecule has 224 valence electrons. The Morgan fingerprint density at radius 3 is 2.07 bits per heavy atom. The third-order valence-corrected chi connectivity index (χ3v) is 9.13. The number of hydrogen-bond acceptors (Lipinski definition) is 4. The van der Waals surface area contributed by atoms with Crippen LogP contribution in [-0.4, -0.2) is 43.8 Å². The summed E-state index contributed by atoms with van der Waals surface area (Å²) in [6.45, 7) is 5.21. The Kier molecular flexibility index (Phi) is 10.8. The lowest BCUT2D eigenvalue weighted by molar-refractivity contribution is -0.140. The zero-order valence-electron chi connectivity index (χ0n) is 24.5. The minimum absolute atomic E-state index is 0.0706. The molecule has 0 fully saturated rings. The van der Waals surface area contributed by atoms with Gasteiger partial charge in [0.2, 0.25) is 11.8 Å². The highest BCUT2D eigenvalue weighted by molar-refractivity contribution is 9.10. The first-order chi connectivity index (χ1) is 20.5. The standard InChI is InChI=1S/C34H36BrN3O4S/c1-25(2)36-34(40)32(22-27-13-6-4-7-14-27)37(23-28-15-11-16-29(35)21-28)33(39)24-38(30-17-10-12-26(3)20-30)43(41,42)31-18-8-5-9-19-31/h4-21,25,32H,22-24H2,1-3H3,(H,36,40)/t32-/m1/s1. The second-order valence-electron chi connectivity index (χ2n) is 10.7. The molecule has 0 heterocycles. The lowest BCUT2D eigenvalue weighted by atomic mass is 10.0. The van der Waals surface area contributed by atoms with Gasteiger partial charge in [-0.2, -0.15) is 0 Å². The fraction of sp³-hybridized carbons (Fsp3) is 0.235. The molecule has 9 heteroatoms. The third-order valence-electron chi connectivity index (χ3n) is 6.84. The first-order valence-electron chi connectivity index (χ1n) is 14.1. The van der Waals surface area contributed by atoms with Crippen molar-refractivity contribution in [3.8, 4) is 0 Å². The van der Waals surface area contributed by atoms with Crippen LogP contribution in [0, 0.1) is 6.92 Å². The van der Waals surface area contributed by atoms with Gasteiger partial charge in [0.25, 0.3) is 10.0 Å². The van der Waals surface area contributed by atoms with Gasteiger partial charge in [-0.3, -0.25) is 13.9 Å². The molecule has 1 N–H and O–H groups in total. The van der Waals surface area contributed by atoms with E-state index in [1.54, 1.807) is 36.4 Å². The normalized spacial score (nSPS) is 12.0. The van der Waals surface area contributed by atoms with Crippen LogP contribution >= 0.6 is 15.9 Å². The van der Waals surface area contributed by atoms with Gasteiger partial charge in [-0.15, -0.1) is 0 Å². The van der Waals surface area contributed by atoms with E-state index < -0.39 is 28.5 Å². The van der Waals surface area contributed by atoms with Gasteiger partial charge in [-0.25, -0.2) is 8.42 Å². The predicted molar refractivity (Wildman–Crippen MR) is 174 cm³/mol. The molecule has 4 aromatic rings. The van der Waals surface area contributed by atoms with Crippen LogP contribution in [0.3, 0.4) is 0 Å². The summed E-state index contributed by atoms with van der Waals surface area (Å²) in [6.07, 6.45) is 0.259. The van der Waals surface area contributed by atoms with E-state index in [0.717, 1.165) is 25.5 Å². The third kappa shape index (κ3) is 8.55. The second kappa shape index (κ2) is 14.5. The molecule has 7 nitrogen and oxygen atoms in total. The van der Waals surface area contributed by atoms with Crippen molar-refractivity contribution >= 4 is 43.5 Å². The van der Waals surface area contributed by atoms with Crippen molar-refractivity contribution in [2.75, 3.05) is 10.8 Å². The molecule has 0 aromatic heterocycles. The number of anilines is 1. The van der Waals surface area contributed by atoms with E-state index in [1.165, 1.54) is 17.0 Å². The molecule has 4 rings (SSSR count). The van der Waals surface area contributed by atoms with E-state index in [9.17, 15) is 18.0 Å². The lowest BCUT2D eigenvalue weighted by Crippen LogP contribution is -2.54. The molecule has 0 aliphatic carbocycles. The number of aryl methyl sites for hydroxylation is 1. The fourth-order valence-electron chi connectivity index (χ4n) is 4.80. The summed E-state index contributed by atoms with van der Waals surface area (Å²) in [4.78, 5) is 29.7. The largest absolute Gasteiger partial charge is 0.352 e. The number of benzene rings is 4. The summed E-state index contributed by atoms with van der Waals surface area (Å²) in [5.74, 6) is -0.809. The van der Waals surface area contributed by atoms with Crippen molar-refractivity contribution in [2.45, 2.75) is 50.7 Å². The fourth-order valence-corrected chi connectivity index (χ4v) is 6.67. The van der Waals surface area contributed by atoms with Crippen molar-refractivity contribution in [3.63, 3.8) is 0 Å². The smallest absolute Gasteiger partial charge is 0.264 e. The Balaban J connectivity index is 1.80. The maximum atomic E-state index is 14.4. The number of carbonyl (C=O) groups excluding carboxylic acids is 2. The number of amides is 2. The second-order valence-corrected chi connectivity index (χ2v) is 13.5. The van der Waals surface area contributed by atoms with Crippen LogP contribution in [0.2, 0.25) is 0 Å². The number of hydrogen-bond donors (Lipinski definition) is 1. The Hall–Kier alpha value is -3.95. The highest BCUT2D eigenvalue weighted by atomic mass is 79.9. The van der Waals surface area contributed by atoms with Gasteiger partial charge in [0.05, 0.1) is 10.6 Å². The number of halogens is 1. The molecule has 1 atom stereocenters. The average molecular weight is 663 g/mol. The van der Waals surface area contributed by atoms with Crippen LogP contribution in [0.4, 0.5) is 5.69 Å². The van der Waals surface area contributed by atoms with Crippen LogP contribution in [0.1, 0.15) is 30.5 Å². The molecule has 43 heavy (non-hydrogen) atoms. The zero-order chi connectivity index (χ0) is 31.0. The summed E-state index contributed by atoms with van der Waals surface area (Å²) in [7, 11) is -4.13. The SMILES string of the molecule is Cc1cccc(N(CC(=O)N(Cc2cccc(Br)c2)[C@H](Cc2ccccc2)C(=O)NC(C)C)S(=O)(=O)c2ccccc2)c1. The summed E-state index contributed by atoms with van der Waals surface area (Å²) < 4.78 is 30.0. The maximum Gasteiger partial charge on any atom is 0.264 e. The van der Waals surface area contributed by atoms with Crippen molar-refractivity contribution in [1.29, 1.82) is 0 Å². The quantitative estimate of drug-likeness (QED) is 0.198. The summed E-state index contributed by atoms with van der Waals surface area (Å²) >= 11 is 3.50. The van der Waals surface area contributed by atoms with Crippen LogP contribution in [0.15, 0.2) is 119 Å². The average Bonchev–Trinajstić information content (AvgIpc) is 2.98. The number of carbonyl (C=O) groups is 2. The van der Waals surface area contributed by atoms with Crippen LogP contribution in [0.5, 0.6) is 0 Å². The maximum absolute atomic E-state index is 14.4. The molecule has 0 saturated heterocycles. The Labute approximate surface area is 262 Å². The zero-order valence-corrected chi connectivity index (χ0v) is 26.9. The molecular formula is C34H36BrN3O4S. The van der Waals surface area contributed by atoms with E-state index in [2.05, 4.69) is 21.2 Å². The van der Waals surface area contributed by atoms with E-state index in [-0.39, 0.29) is 29.8 Å². The minimum atomic E-state index is -4.13. The van der Waals surface area contributed by atoms with Crippen molar-refractivity contribution in [1.82, 2.24) is 10.2 Å². The minimum Gasteiger partial charge on any atom is -0.352 e. The van der Waals surface area contributed by atoms with Crippen molar-refractivity contribution in [3.05, 3.63) is 130 Å². The van der Waals surface area contributed by atoms with Crippen molar-refractivity contribution in [2.24, 2.45) is 0 Å². The van der Waals surface area contributed by atoms with E-state index in [1.807, 2.05) is 81.4 Å². The summed E-state index contributed by atoms with van der Waals surface area (Å²) in [5, 5.41) is 2.97. The monoisotopic (exact) mass is 661 g/mol. The number of nitrogens with one attached hydrogen (secondary N) is 1. The molecular weight excluding hydrogens is 626 g/mol. The summed E-state index contributed by atoms with van der Waals surface area (Å²) in [5.41, 5.74) is 2.89. The molecule has 0 saturated carbocycles. The molecule has 0 aliphatic rings. The Morgan fingerprint density at radius 2 is 1.44 bits per heavy atom. The van der Waals surface area contributed by atoms with Gasteiger partial charge in [0.1, 0.15) is 12.6 Å². The predicted octanol–water partition coefficient (Wildman–Crippen LogP) is 6.12. The molecule has 2 amide bonds. The van der Waals surface area contributed by atoms with Crippen LogP contribution < -0.4 is 9.62 Å². The van der Waals surface area contributed by atoms with Crippen molar-refractivity contribution < 1.29 is 18.0 Å². The van der Waals surface area contributed by atoms with E-state index >= 15 is 0 Å². The summed E-state index contributed by atoms with van der Waals surface area (Å²) in [6, 6.07) is 31.0. The molecule has 0 bridgehead atoms. The highest BCUT2D eigenvalue weighted by Crippen LogP contribution is 2.26. The number of sulfonamides is 1. The van der Waals surface area contributed by atoms with Gasteiger partial charge in [-0.05, 0) is 73.9 Å². The Bertz CT molecular complexity index is 1650. The molecule has 0 aliphatic heterocycles. The van der Waals surface area contributed by atoms with Crippen LogP contribution in [0.25, 0.3) is 0 Å². The highest BCUT2D eigenvalue weighted by Gasteiger charge is 2.34. The van der Waals surface area contributed by atoms with Gasteiger partial charge in [0, 0.05) is 23.5 Å².